The molecule has 0 saturated heterocycles. The van der Waals surface area contributed by atoms with E-state index in [1.54, 1.807) is 13.8 Å². The molecule has 6 heteroatoms. The molecule has 1 rings (SSSR count). The van der Waals surface area contributed by atoms with Crippen LogP contribution in [0.15, 0.2) is 12.1 Å². The van der Waals surface area contributed by atoms with E-state index in [4.69, 9.17) is 32.7 Å². The summed E-state index contributed by atoms with van der Waals surface area (Å²) in [5, 5.41) is -1.37. The third-order valence-corrected chi connectivity index (χ3v) is 2.52. The molecule has 98 valence electrons. The Labute approximate surface area is 115 Å². The van der Waals surface area contributed by atoms with Crippen LogP contribution in [0.4, 0.5) is 0 Å². The van der Waals surface area contributed by atoms with Gasteiger partial charge in [0.1, 0.15) is 0 Å². The van der Waals surface area contributed by atoms with Crippen molar-refractivity contribution in [3.8, 4) is 11.5 Å². The molecule has 0 aromatic heterocycles. The Balaban J connectivity index is 3.48. The lowest BCUT2D eigenvalue weighted by Gasteiger charge is -2.15. The van der Waals surface area contributed by atoms with Crippen LogP contribution in [0, 0.1) is 0 Å². The van der Waals surface area contributed by atoms with Crippen molar-refractivity contribution in [3.63, 3.8) is 0 Å². The first-order chi connectivity index (χ1) is 8.52. The predicted octanol–water partition coefficient (Wildman–Crippen LogP) is 3.24. The van der Waals surface area contributed by atoms with Crippen molar-refractivity contribution in [1.29, 1.82) is 0 Å². The van der Waals surface area contributed by atoms with Crippen molar-refractivity contribution in [1.82, 2.24) is 0 Å². The summed E-state index contributed by atoms with van der Waals surface area (Å²) in [4.78, 5) is 22.6. The summed E-state index contributed by atoms with van der Waals surface area (Å²) in [5.74, 6) is 0.289. The molecule has 0 unspecified atom stereocenters. The molecule has 0 spiro atoms. The molecule has 0 atom stereocenters. The van der Waals surface area contributed by atoms with Crippen LogP contribution in [-0.4, -0.2) is 23.7 Å². The van der Waals surface area contributed by atoms with E-state index in [2.05, 4.69) is 0 Å². The normalized spacial score (nSPS) is 10.0. The van der Waals surface area contributed by atoms with Crippen molar-refractivity contribution in [2.24, 2.45) is 0 Å². The van der Waals surface area contributed by atoms with Gasteiger partial charge >= 0.3 is 0 Å². The largest absolute Gasteiger partial charge is 0.489 e. The van der Waals surface area contributed by atoms with E-state index in [0.717, 1.165) is 0 Å². The fourth-order valence-electron chi connectivity index (χ4n) is 1.45. The van der Waals surface area contributed by atoms with Gasteiger partial charge in [-0.05, 0) is 49.2 Å². The standard InChI is InChI=1S/C12H12Cl2O4/c1-3-17-9-7(11(13)15)5-6-8(12(14)16)10(9)18-4-2/h5-6H,3-4H2,1-2H3. The van der Waals surface area contributed by atoms with Crippen LogP contribution < -0.4 is 9.47 Å². The molecule has 18 heavy (non-hydrogen) atoms. The molecule has 0 saturated carbocycles. The Kier molecular flexibility index (Phi) is 5.44. The van der Waals surface area contributed by atoms with E-state index < -0.39 is 10.5 Å². The van der Waals surface area contributed by atoms with Gasteiger partial charge in [-0.1, -0.05) is 0 Å². The highest BCUT2D eigenvalue weighted by atomic mass is 35.5. The van der Waals surface area contributed by atoms with Gasteiger partial charge in [0.2, 0.25) is 0 Å². The highest BCUT2D eigenvalue weighted by Gasteiger charge is 2.22. The Morgan fingerprint density at radius 1 is 0.944 bits per heavy atom. The average Bonchev–Trinajstić information content (AvgIpc) is 2.30. The second kappa shape index (κ2) is 6.61. The van der Waals surface area contributed by atoms with Crippen LogP contribution in [0.25, 0.3) is 0 Å². The molecule has 0 aliphatic carbocycles. The van der Waals surface area contributed by atoms with E-state index in [0.29, 0.717) is 13.2 Å². The summed E-state index contributed by atoms with van der Waals surface area (Å²) in [7, 11) is 0. The predicted molar refractivity (Wildman–Crippen MR) is 69.1 cm³/mol. The number of rotatable bonds is 6. The number of hydrogen-bond donors (Lipinski definition) is 0. The van der Waals surface area contributed by atoms with Crippen molar-refractivity contribution < 1.29 is 19.1 Å². The Bertz CT molecular complexity index is 428. The number of carbonyl (C=O) groups excluding carboxylic acids is 2. The van der Waals surface area contributed by atoms with Gasteiger partial charge in [0, 0.05) is 0 Å². The second-order valence-corrected chi connectivity index (χ2v) is 3.92. The first-order valence-electron chi connectivity index (χ1n) is 5.35. The van der Waals surface area contributed by atoms with E-state index >= 15 is 0 Å². The molecule has 0 heterocycles. The van der Waals surface area contributed by atoms with Gasteiger partial charge in [-0.25, -0.2) is 0 Å². The molecule has 0 bridgehead atoms. The fourth-order valence-corrected chi connectivity index (χ4v) is 1.75. The van der Waals surface area contributed by atoms with Gasteiger partial charge in [0.25, 0.3) is 10.5 Å². The Morgan fingerprint density at radius 2 is 1.28 bits per heavy atom. The lowest BCUT2D eigenvalue weighted by atomic mass is 10.1. The highest BCUT2D eigenvalue weighted by molar-refractivity contribution is 6.69. The molecule has 4 nitrogen and oxygen atoms in total. The minimum Gasteiger partial charge on any atom is -0.489 e. The number of carbonyl (C=O) groups is 2. The SMILES string of the molecule is CCOc1c(C(=O)Cl)ccc(C(=O)Cl)c1OCC. The minimum absolute atomic E-state index is 0.142. The maximum atomic E-state index is 11.3. The first-order valence-corrected chi connectivity index (χ1v) is 6.10. The lowest BCUT2D eigenvalue weighted by Crippen LogP contribution is -2.07. The Morgan fingerprint density at radius 3 is 1.50 bits per heavy atom. The van der Waals surface area contributed by atoms with Crippen molar-refractivity contribution in [3.05, 3.63) is 23.3 Å². The zero-order chi connectivity index (χ0) is 13.7. The van der Waals surface area contributed by atoms with E-state index in [1.807, 2.05) is 0 Å². The fraction of sp³-hybridized carbons (Fsp3) is 0.333. The van der Waals surface area contributed by atoms with Gasteiger partial charge in [0.05, 0.1) is 24.3 Å². The van der Waals surface area contributed by atoms with Crippen LogP contribution >= 0.6 is 23.2 Å². The monoisotopic (exact) mass is 290 g/mol. The zero-order valence-electron chi connectivity index (χ0n) is 9.96. The average molecular weight is 291 g/mol. The quantitative estimate of drug-likeness (QED) is 0.755. The van der Waals surface area contributed by atoms with Crippen molar-refractivity contribution >= 4 is 33.7 Å². The lowest BCUT2D eigenvalue weighted by molar-refractivity contribution is 0.106. The molecular formula is C12H12Cl2O4. The smallest absolute Gasteiger partial charge is 0.256 e. The third-order valence-electron chi connectivity index (χ3n) is 2.11. The van der Waals surface area contributed by atoms with Gasteiger partial charge in [-0.15, -0.1) is 0 Å². The molecule has 1 aromatic carbocycles. The number of benzene rings is 1. The van der Waals surface area contributed by atoms with Gasteiger partial charge in [-0.3, -0.25) is 9.59 Å². The topological polar surface area (TPSA) is 52.6 Å². The summed E-state index contributed by atoms with van der Waals surface area (Å²) in [6, 6.07) is 2.77. The molecule has 0 N–H and O–H groups in total. The molecule has 0 amide bonds. The van der Waals surface area contributed by atoms with Crippen LogP contribution in [-0.2, 0) is 0 Å². The number of ether oxygens (including phenoxy) is 2. The van der Waals surface area contributed by atoms with Crippen molar-refractivity contribution in [2.45, 2.75) is 13.8 Å². The molecule has 0 aliphatic rings. The second-order valence-electron chi connectivity index (χ2n) is 3.23. The molecule has 1 aromatic rings. The molecule has 0 fully saturated rings. The summed E-state index contributed by atoms with van der Waals surface area (Å²) in [6.07, 6.45) is 0. The maximum absolute atomic E-state index is 11.3. The van der Waals surface area contributed by atoms with Gasteiger partial charge in [-0.2, -0.15) is 0 Å². The van der Waals surface area contributed by atoms with Crippen LogP contribution in [0.1, 0.15) is 34.6 Å². The Hall–Kier alpha value is -1.26. The molecule has 0 aliphatic heterocycles. The number of halogens is 2. The number of hydrogen-bond acceptors (Lipinski definition) is 4. The minimum atomic E-state index is -0.687. The molecular weight excluding hydrogens is 279 g/mol. The zero-order valence-corrected chi connectivity index (χ0v) is 11.5. The van der Waals surface area contributed by atoms with Crippen LogP contribution in [0.5, 0.6) is 11.5 Å². The summed E-state index contributed by atoms with van der Waals surface area (Å²) < 4.78 is 10.7. The summed E-state index contributed by atoms with van der Waals surface area (Å²) in [5.41, 5.74) is 0.285. The first kappa shape index (κ1) is 14.8. The summed E-state index contributed by atoms with van der Waals surface area (Å²) >= 11 is 10.9. The van der Waals surface area contributed by atoms with E-state index in [1.165, 1.54) is 12.1 Å². The molecule has 0 radical (unpaired) electrons. The highest BCUT2D eigenvalue weighted by Crippen LogP contribution is 2.37. The summed E-state index contributed by atoms with van der Waals surface area (Å²) in [6.45, 7) is 4.09. The van der Waals surface area contributed by atoms with Gasteiger partial charge in [0.15, 0.2) is 11.5 Å². The van der Waals surface area contributed by atoms with Gasteiger partial charge < -0.3 is 9.47 Å². The third kappa shape index (κ3) is 3.15. The van der Waals surface area contributed by atoms with E-state index in [-0.39, 0.29) is 22.6 Å². The van der Waals surface area contributed by atoms with Crippen molar-refractivity contribution in [2.75, 3.05) is 13.2 Å². The van der Waals surface area contributed by atoms with Crippen LogP contribution in [0.3, 0.4) is 0 Å². The van der Waals surface area contributed by atoms with E-state index in [9.17, 15) is 9.59 Å². The van der Waals surface area contributed by atoms with Crippen LogP contribution in [0.2, 0.25) is 0 Å². The maximum Gasteiger partial charge on any atom is 0.256 e.